The zero-order chi connectivity index (χ0) is 17.4. The lowest BCUT2D eigenvalue weighted by Crippen LogP contribution is -2.48. The number of nitrogens with one attached hydrogen (secondary N) is 1. The maximum absolute atomic E-state index is 13.0. The van der Waals surface area contributed by atoms with Gasteiger partial charge in [-0.15, -0.1) is 11.8 Å². The molecule has 0 bridgehead atoms. The van der Waals surface area contributed by atoms with Crippen molar-refractivity contribution in [3.63, 3.8) is 0 Å². The van der Waals surface area contributed by atoms with Crippen LogP contribution >= 0.6 is 11.8 Å². The number of carbonyl (C=O) groups is 2. The largest absolute Gasteiger partial charge is 0.493 e. The van der Waals surface area contributed by atoms with Crippen LogP contribution in [-0.4, -0.2) is 48.8 Å². The molecule has 24 heavy (non-hydrogen) atoms. The zero-order valence-electron chi connectivity index (χ0n) is 14.3. The quantitative estimate of drug-likeness (QED) is 0.882. The second-order valence-electron chi connectivity index (χ2n) is 6.00. The van der Waals surface area contributed by atoms with Gasteiger partial charge in [-0.25, -0.2) is 0 Å². The molecule has 1 N–H and O–H groups in total. The normalized spacial score (nSPS) is 22.8. The van der Waals surface area contributed by atoms with E-state index in [1.165, 1.54) is 7.11 Å². The number of rotatable bonds is 5. The first-order chi connectivity index (χ1) is 11.5. The van der Waals surface area contributed by atoms with Gasteiger partial charge in [0.1, 0.15) is 11.4 Å². The number of thioether (sulfide) groups is 1. The van der Waals surface area contributed by atoms with Crippen molar-refractivity contribution in [2.24, 2.45) is 0 Å². The van der Waals surface area contributed by atoms with Gasteiger partial charge in [0.2, 0.25) is 5.91 Å². The lowest BCUT2D eigenvalue weighted by atomic mass is 10.1. The van der Waals surface area contributed by atoms with Gasteiger partial charge < -0.3 is 19.7 Å². The summed E-state index contributed by atoms with van der Waals surface area (Å²) in [4.78, 5) is 27.2. The van der Waals surface area contributed by atoms with Crippen LogP contribution < -0.4 is 14.8 Å². The second-order valence-corrected chi connectivity index (χ2v) is 7.11. The van der Waals surface area contributed by atoms with Crippen LogP contribution in [0.15, 0.2) is 12.1 Å². The third-order valence-corrected chi connectivity index (χ3v) is 5.90. The predicted octanol–water partition coefficient (Wildman–Crippen LogP) is 2.19. The highest BCUT2D eigenvalue weighted by Crippen LogP contribution is 2.52. The highest BCUT2D eigenvalue weighted by molar-refractivity contribution is 7.99. The maximum atomic E-state index is 13.0. The Kier molecular flexibility index (Phi) is 4.62. The summed E-state index contributed by atoms with van der Waals surface area (Å²) < 4.78 is 10.7. The molecule has 1 fully saturated rings. The molecule has 2 amide bonds. The Morgan fingerprint density at radius 3 is 2.79 bits per heavy atom. The van der Waals surface area contributed by atoms with E-state index in [4.69, 9.17) is 9.47 Å². The van der Waals surface area contributed by atoms with Crippen molar-refractivity contribution < 1.29 is 19.1 Å². The molecule has 0 radical (unpaired) electrons. The smallest absolute Gasteiger partial charge is 0.260 e. The molecule has 0 aromatic heterocycles. The molecule has 3 atom stereocenters. The van der Waals surface area contributed by atoms with Crippen LogP contribution in [0.3, 0.4) is 0 Å². The fourth-order valence-electron chi connectivity index (χ4n) is 3.13. The fourth-order valence-corrected chi connectivity index (χ4v) is 4.59. The van der Waals surface area contributed by atoms with Gasteiger partial charge in [0.25, 0.3) is 5.91 Å². The monoisotopic (exact) mass is 350 g/mol. The molecule has 3 rings (SSSR count). The number of amides is 2. The number of hydrogen-bond donors (Lipinski definition) is 1. The Morgan fingerprint density at radius 1 is 1.42 bits per heavy atom. The van der Waals surface area contributed by atoms with Gasteiger partial charge in [0.15, 0.2) is 11.5 Å². The molecule has 2 aliphatic heterocycles. The molecule has 0 spiro atoms. The number of fused-ring (bicyclic) bond motifs is 3. The number of methoxy groups -OCH3 is 2. The minimum absolute atomic E-state index is 0.0913. The molecule has 7 heteroatoms. The molecular weight excluding hydrogens is 328 g/mol. The zero-order valence-corrected chi connectivity index (χ0v) is 15.1. The molecule has 1 saturated heterocycles. The van der Waals surface area contributed by atoms with E-state index >= 15 is 0 Å². The van der Waals surface area contributed by atoms with E-state index in [1.54, 1.807) is 23.8 Å². The maximum Gasteiger partial charge on any atom is 0.260 e. The summed E-state index contributed by atoms with van der Waals surface area (Å²) in [5.41, 5.74) is 1.40. The summed E-state index contributed by atoms with van der Waals surface area (Å²) in [7, 11) is 3.07. The van der Waals surface area contributed by atoms with Crippen molar-refractivity contribution in [3.8, 4) is 11.5 Å². The molecule has 2 heterocycles. The lowest BCUT2D eigenvalue weighted by molar-refractivity contribution is -0.125. The molecule has 1 aromatic carbocycles. The van der Waals surface area contributed by atoms with Gasteiger partial charge in [-0.1, -0.05) is 13.0 Å². The first-order valence-corrected chi connectivity index (χ1v) is 9.07. The summed E-state index contributed by atoms with van der Waals surface area (Å²) in [5, 5.41) is 2.84. The van der Waals surface area contributed by atoms with Gasteiger partial charge in [-0.2, -0.15) is 0 Å². The van der Waals surface area contributed by atoms with Gasteiger partial charge in [-0.05, 0) is 19.4 Å². The van der Waals surface area contributed by atoms with Crippen molar-refractivity contribution in [1.29, 1.82) is 0 Å². The van der Waals surface area contributed by atoms with Gasteiger partial charge in [0.05, 0.1) is 19.8 Å². The Balaban J connectivity index is 1.93. The average Bonchev–Trinajstić information content (AvgIpc) is 3.14. The Morgan fingerprint density at radius 2 is 2.17 bits per heavy atom. The standard InChI is InChI=1S/C17H22N2O4S/c1-5-9(2)18-15(20)11-8-24-17-10-6-7-12(22-3)14(23-4)13(10)16(21)19(11)17/h6-7,9,11,17H,5,8H2,1-4H3,(H,18,20)/t9-,11-,17-/m0/s1. The van der Waals surface area contributed by atoms with E-state index in [1.807, 2.05) is 26.0 Å². The summed E-state index contributed by atoms with van der Waals surface area (Å²) in [6.07, 6.45) is 0.855. The average molecular weight is 350 g/mol. The number of nitrogens with zero attached hydrogens (tertiary/aromatic N) is 1. The minimum atomic E-state index is -0.454. The van der Waals surface area contributed by atoms with Gasteiger partial charge in [0, 0.05) is 17.4 Å². The van der Waals surface area contributed by atoms with Crippen LogP contribution in [0, 0.1) is 0 Å². The van der Waals surface area contributed by atoms with Crippen molar-refractivity contribution in [2.45, 2.75) is 37.7 Å². The summed E-state index contributed by atoms with van der Waals surface area (Å²) >= 11 is 1.61. The van der Waals surface area contributed by atoms with Crippen LogP contribution in [0.5, 0.6) is 11.5 Å². The van der Waals surface area contributed by atoms with Crippen molar-refractivity contribution in [2.75, 3.05) is 20.0 Å². The Bertz CT molecular complexity index is 679. The summed E-state index contributed by atoms with van der Waals surface area (Å²) in [6, 6.07) is 3.34. The lowest BCUT2D eigenvalue weighted by Gasteiger charge is -2.24. The first-order valence-electron chi connectivity index (χ1n) is 8.03. The first kappa shape index (κ1) is 17.0. The highest BCUT2D eigenvalue weighted by atomic mass is 32.2. The third kappa shape index (κ3) is 2.51. The van der Waals surface area contributed by atoms with Crippen molar-refractivity contribution >= 4 is 23.6 Å². The molecular formula is C17H22N2O4S. The summed E-state index contributed by atoms with van der Waals surface area (Å²) in [5.74, 6) is 1.31. The molecule has 2 aliphatic rings. The topological polar surface area (TPSA) is 67.9 Å². The Labute approximate surface area is 145 Å². The molecule has 1 aromatic rings. The van der Waals surface area contributed by atoms with E-state index in [9.17, 15) is 9.59 Å². The predicted molar refractivity (Wildman–Crippen MR) is 92.6 cm³/mol. The minimum Gasteiger partial charge on any atom is -0.493 e. The molecule has 0 saturated carbocycles. The van der Waals surface area contributed by atoms with Crippen LogP contribution in [-0.2, 0) is 4.79 Å². The van der Waals surface area contributed by atoms with Crippen LogP contribution in [0.2, 0.25) is 0 Å². The van der Waals surface area contributed by atoms with Crippen molar-refractivity contribution in [3.05, 3.63) is 23.3 Å². The van der Waals surface area contributed by atoms with Crippen LogP contribution in [0.1, 0.15) is 41.6 Å². The summed E-state index contributed by atoms with van der Waals surface area (Å²) in [6.45, 7) is 3.98. The van der Waals surface area contributed by atoms with E-state index in [0.717, 1.165) is 12.0 Å². The molecule has 0 unspecified atom stereocenters. The molecule has 0 aliphatic carbocycles. The van der Waals surface area contributed by atoms with E-state index in [2.05, 4.69) is 5.32 Å². The molecule has 6 nitrogen and oxygen atoms in total. The van der Waals surface area contributed by atoms with Crippen molar-refractivity contribution in [1.82, 2.24) is 10.2 Å². The number of hydrogen-bond acceptors (Lipinski definition) is 5. The number of benzene rings is 1. The van der Waals surface area contributed by atoms with Gasteiger partial charge >= 0.3 is 0 Å². The van der Waals surface area contributed by atoms with Gasteiger partial charge in [-0.3, -0.25) is 9.59 Å². The van der Waals surface area contributed by atoms with Crippen LogP contribution in [0.25, 0.3) is 0 Å². The second kappa shape index (κ2) is 6.55. The van der Waals surface area contributed by atoms with Crippen LogP contribution in [0.4, 0.5) is 0 Å². The van der Waals surface area contributed by atoms with E-state index in [-0.39, 0.29) is 23.2 Å². The highest BCUT2D eigenvalue weighted by Gasteiger charge is 2.50. The fraction of sp³-hybridized carbons (Fsp3) is 0.529. The van der Waals surface area contributed by atoms with E-state index in [0.29, 0.717) is 22.8 Å². The SMILES string of the molecule is CC[C@H](C)NC(=O)[C@@H]1CS[C@H]2c3ccc(OC)c(OC)c3C(=O)N12. The number of ether oxygens (including phenoxy) is 2. The Hall–Kier alpha value is -1.89. The van der Waals surface area contributed by atoms with E-state index < -0.39 is 6.04 Å². The molecule has 130 valence electrons. The number of carbonyl (C=O) groups excluding carboxylic acids is 2. The third-order valence-electron chi connectivity index (χ3n) is 4.60.